The van der Waals surface area contributed by atoms with Gasteiger partial charge in [0, 0.05) is 23.6 Å². The fourth-order valence-electron chi connectivity index (χ4n) is 0.772. The number of ether oxygens (including phenoxy) is 1. The summed E-state index contributed by atoms with van der Waals surface area (Å²) in [5, 5.41) is 11.3. The van der Waals surface area contributed by atoms with Crippen LogP contribution in [0.3, 0.4) is 0 Å². The number of halogens is 1. The number of hydrogen-bond donors (Lipinski definition) is 0. The van der Waals surface area contributed by atoms with Crippen LogP contribution in [0.25, 0.3) is 0 Å². The monoisotopic (exact) mass is 234 g/mol. The number of hydrogen-bond acceptors (Lipinski definition) is 3. The summed E-state index contributed by atoms with van der Waals surface area (Å²) in [5.74, 6) is -0.336. The van der Waals surface area contributed by atoms with Gasteiger partial charge >= 0.3 is 0 Å². The lowest BCUT2D eigenvalue weighted by molar-refractivity contribution is -0.369. The van der Waals surface area contributed by atoms with Crippen LogP contribution in [0.1, 0.15) is 41.5 Å². The van der Waals surface area contributed by atoms with Crippen molar-refractivity contribution in [1.29, 1.82) is 0 Å². The molecule has 0 atom stereocenters. The summed E-state index contributed by atoms with van der Waals surface area (Å²) in [5.41, 5.74) is -0.619. The Labute approximate surface area is 97.8 Å². The predicted octanol–water partition coefficient (Wildman–Crippen LogP) is 2.26. The lowest BCUT2D eigenvalue weighted by Crippen LogP contribution is -2.34. The van der Waals surface area contributed by atoms with Crippen LogP contribution < -0.4 is 5.11 Å². The van der Waals surface area contributed by atoms with E-state index >= 15 is 0 Å². The van der Waals surface area contributed by atoms with Crippen molar-refractivity contribution in [2.24, 2.45) is 0 Å². The van der Waals surface area contributed by atoms with Crippen molar-refractivity contribution in [3.05, 3.63) is 12.0 Å². The first-order valence-corrected chi connectivity index (χ1v) is 5.36. The van der Waals surface area contributed by atoms with Crippen LogP contribution in [-0.4, -0.2) is 22.1 Å². The summed E-state index contributed by atoms with van der Waals surface area (Å²) >= 11 is 5.97. The fourth-order valence-corrected chi connectivity index (χ4v) is 0.841. The smallest absolute Gasteiger partial charge is 0.0489 e. The molecule has 0 saturated carbocycles. The van der Waals surface area contributed by atoms with E-state index in [2.05, 4.69) is 0 Å². The van der Waals surface area contributed by atoms with Crippen LogP contribution in [0.2, 0.25) is 0 Å². The Morgan fingerprint density at radius 2 is 1.73 bits per heavy atom. The molecule has 0 amide bonds. The van der Waals surface area contributed by atoms with Crippen LogP contribution in [0.15, 0.2) is 12.0 Å². The fraction of sp³-hybridized carbons (Fsp3) is 0.818. The van der Waals surface area contributed by atoms with Gasteiger partial charge in [0.05, 0.1) is 0 Å². The minimum absolute atomic E-state index is 0.167. The predicted molar refractivity (Wildman–Crippen MR) is 61.2 cm³/mol. The van der Waals surface area contributed by atoms with E-state index < -0.39 is 5.60 Å². The third-order valence-corrected chi connectivity index (χ3v) is 2.20. The molecule has 0 N–H and O–H groups in total. The van der Waals surface area contributed by atoms with Crippen molar-refractivity contribution < 1.29 is 9.84 Å². The highest BCUT2D eigenvalue weighted by molar-refractivity contribution is 6.13. The van der Waals surface area contributed by atoms with Gasteiger partial charge in [0.2, 0.25) is 0 Å². The second-order valence-electron chi connectivity index (χ2n) is 5.45. The first kappa shape index (κ1) is 14.6. The molecule has 0 spiro atoms. The Hall–Kier alpha value is -0.410. The van der Waals surface area contributed by atoms with Crippen LogP contribution in [-0.2, 0) is 4.74 Å². The topological polar surface area (TPSA) is 35.5 Å². The maximum atomic E-state index is 11.3. The lowest BCUT2D eigenvalue weighted by Gasteiger charge is -2.32. The quantitative estimate of drug-likeness (QED) is 0.555. The Morgan fingerprint density at radius 3 is 2.07 bits per heavy atom. The average molecular weight is 235 g/mol. The van der Waals surface area contributed by atoms with Gasteiger partial charge in [-0.25, -0.2) is 4.42 Å². The van der Waals surface area contributed by atoms with Crippen LogP contribution in [0, 0.1) is 0 Å². The molecule has 0 aromatic rings. The van der Waals surface area contributed by atoms with Crippen molar-refractivity contribution in [3.8, 4) is 0 Å². The van der Waals surface area contributed by atoms with Gasteiger partial charge < -0.3 is 9.84 Å². The molecular formula is C11H21ClNO2-. The van der Waals surface area contributed by atoms with Crippen LogP contribution in [0.4, 0.5) is 0 Å². The Balaban J connectivity index is 4.18. The molecule has 3 nitrogen and oxygen atoms in total. The van der Waals surface area contributed by atoms with Gasteiger partial charge in [-0.2, -0.15) is 0 Å². The molecule has 0 unspecified atom stereocenters. The summed E-state index contributed by atoms with van der Waals surface area (Å²) in [6.07, 6.45) is 1.45. The lowest BCUT2D eigenvalue weighted by atomic mass is 10.1. The van der Waals surface area contributed by atoms with Gasteiger partial charge in [-0.15, -0.1) is 0 Å². The van der Waals surface area contributed by atoms with E-state index in [0.717, 1.165) is 0 Å². The highest BCUT2D eigenvalue weighted by atomic mass is 35.5. The van der Waals surface area contributed by atoms with E-state index in [0.29, 0.717) is 6.54 Å². The van der Waals surface area contributed by atoms with Crippen molar-refractivity contribution in [1.82, 2.24) is 4.42 Å². The summed E-state index contributed by atoms with van der Waals surface area (Å²) in [7, 11) is 0. The van der Waals surface area contributed by atoms with Gasteiger partial charge in [-0.05, 0) is 38.6 Å². The molecule has 0 aromatic heterocycles. The molecule has 0 aliphatic heterocycles. The zero-order chi connectivity index (χ0) is 12.3. The first-order valence-electron chi connectivity index (χ1n) is 5.02. The van der Waals surface area contributed by atoms with E-state index in [-0.39, 0.29) is 11.5 Å². The van der Waals surface area contributed by atoms with Crippen molar-refractivity contribution in [2.45, 2.75) is 52.7 Å². The molecule has 0 aliphatic rings. The van der Waals surface area contributed by atoms with E-state index in [1.165, 1.54) is 6.08 Å². The van der Waals surface area contributed by atoms with Crippen molar-refractivity contribution in [3.63, 3.8) is 0 Å². The summed E-state index contributed by atoms with van der Waals surface area (Å²) in [6, 6.07) is 0. The van der Waals surface area contributed by atoms with E-state index in [1.807, 2.05) is 41.5 Å². The largest absolute Gasteiger partial charge is 0.608 e. The molecule has 0 fully saturated rings. The van der Waals surface area contributed by atoms with Crippen LogP contribution in [0.5, 0.6) is 0 Å². The Morgan fingerprint density at radius 1 is 1.27 bits per heavy atom. The highest BCUT2D eigenvalue weighted by Crippen LogP contribution is 2.16. The average Bonchev–Trinajstić information content (AvgIpc) is 1.94. The minimum Gasteiger partial charge on any atom is -0.608 e. The third kappa shape index (κ3) is 7.51. The van der Waals surface area contributed by atoms with Gasteiger partial charge in [0.25, 0.3) is 0 Å². The molecule has 0 saturated heterocycles. The third-order valence-electron chi connectivity index (χ3n) is 1.55. The second-order valence-corrected chi connectivity index (χ2v) is 5.86. The maximum Gasteiger partial charge on any atom is 0.0489 e. The van der Waals surface area contributed by atoms with Gasteiger partial charge in [-0.1, -0.05) is 20.8 Å². The Bertz CT molecular complexity index is 226. The first-order chi connectivity index (χ1) is 6.52. The molecule has 0 aromatic carbocycles. The number of nitrogens with zero attached hydrogens (tertiary/aromatic N) is 1. The zero-order valence-corrected chi connectivity index (χ0v) is 11.2. The normalized spacial score (nSPS) is 14.5. The summed E-state index contributed by atoms with van der Waals surface area (Å²) in [4.78, 5) is 0. The molecule has 0 aliphatic carbocycles. The maximum absolute atomic E-state index is 11.3. The van der Waals surface area contributed by atoms with Gasteiger partial charge in [-0.3, -0.25) is 0 Å². The molecule has 0 rings (SSSR count). The van der Waals surface area contributed by atoms with Gasteiger partial charge in [0.15, 0.2) is 0 Å². The summed E-state index contributed by atoms with van der Waals surface area (Å²) < 4.78 is 6.69. The minimum atomic E-state index is -0.452. The zero-order valence-electron chi connectivity index (χ0n) is 10.4. The van der Waals surface area contributed by atoms with E-state index in [9.17, 15) is 5.11 Å². The molecule has 0 radical (unpaired) electrons. The van der Waals surface area contributed by atoms with Gasteiger partial charge in [0.1, 0.15) is 0 Å². The molecule has 90 valence electrons. The van der Waals surface area contributed by atoms with E-state index in [4.69, 9.17) is 16.5 Å². The second kappa shape index (κ2) is 5.08. The molecular weight excluding hydrogens is 214 g/mol. The standard InChI is InChI=1S/C11H22ClNO2/c1-10(2,3)13(12)8-7-9(14)15-11(4,5)6/h7,14H,8H2,1-6H3/p-1/b9-7+. The van der Waals surface area contributed by atoms with Crippen molar-refractivity contribution in [2.75, 3.05) is 6.54 Å². The van der Waals surface area contributed by atoms with Crippen molar-refractivity contribution >= 4 is 11.8 Å². The molecule has 15 heavy (non-hydrogen) atoms. The highest BCUT2D eigenvalue weighted by Gasteiger charge is 2.17. The Kier molecular flexibility index (Phi) is 4.94. The van der Waals surface area contributed by atoms with E-state index in [1.54, 1.807) is 4.42 Å². The van der Waals surface area contributed by atoms with Crippen LogP contribution >= 0.6 is 11.8 Å². The number of rotatable bonds is 3. The molecule has 0 heterocycles. The summed E-state index contributed by atoms with van der Waals surface area (Å²) in [6.45, 7) is 11.8. The SMILES string of the molecule is CC(C)(C)O/C([O-])=C/CN(Cl)C(C)(C)C. The molecule has 0 bridgehead atoms. The molecule has 4 heteroatoms.